The van der Waals surface area contributed by atoms with Crippen LogP contribution in [0.4, 0.5) is 0 Å². The minimum Gasteiger partial charge on any atom is -0.497 e. The fourth-order valence-electron chi connectivity index (χ4n) is 3.01. The van der Waals surface area contributed by atoms with Gasteiger partial charge in [-0.3, -0.25) is 14.4 Å². The number of ether oxygens (including phenoxy) is 3. The van der Waals surface area contributed by atoms with E-state index in [1.165, 1.54) is 7.11 Å². The van der Waals surface area contributed by atoms with E-state index in [1.807, 2.05) is 6.07 Å². The van der Waals surface area contributed by atoms with Gasteiger partial charge in [0.25, 0.3) is 11.8 Å². The van der Waals surface area contributed by atoms with E-state index in [0.717, 1.165) is 0 Å². The summed E-state index contributed by atoms with van der Waals surface area (Å²) in [7, 11) is 1.53. The third-order valence-electron chi connectivity index (χ3n) is 4.64. The highest BCUT2D eigenvalue weighted by molar-refractivity contribution is 5.96. The number of rotatable bonds is 7. The number of esters is 1. The molecule has 0 aliphatic carbocycles. The SMILES string of the molecule is COc1ccc(C(=O)NCC(=O)O[C@H](C(=O)N2CCOCC2)c2ccccc2)cc1. The lowest BCUT2D eigenvalue weighted by atomic mass is 10.1. The Balaban J connectivity index is 1.62. The maximum absolute atomic E-state index is 12.9. The molecule has 0 aromatic heterocycles. The zero-order valence-electron chi connectivity index (χ0n) is 16.7. The summed E-state index contributed by atoms with van der Waals surface area (Å²) >= 11 is 0. The molecule has 0 spiro atoms. The van der Waals surface area contributed by atoms with E-state index in [-0.39, 0.29) is 12.5 Å². The number of nitrogens with zero attached hydrogens (tertiary/aromatic N) is 1. The highest BCUT2D eigenvalue weighted by atomic mass is 16.5. The second-order valence-corrected chi connectivity index (χ2v) is 6.63. The largest absolute Gasteiger partial charge is 0.497 e. The summed E-state index contributed by atoms with van der Waals surface area (Å²) in [5.41, 5.74) is 0.955. The van der Waals surface area contributed by atoms with Gasteiger partial charge in [0.2, 0.25) is 6.10 Å². The molecule has 1 N–H and O–H groups in total. The predicted octanol–water partition coefficient (Wildman–Crippen LogP) is 1.57. The van der Waals surface area contributed by atoms with Crippen molar-refractivity contribution >= 4 is 17.8 Å². The van der Waals surface area contributed by atoms with Gasteiger partial charge >= 0.3 is 5.97 Å². The van der Waals surface area contributed by atoms with Crippen molar-refractivity contribution in [3.05, 3.63) is 65.7 Å². The molecular formula is C22H24N2O6. The highest BCUT2D eigenvalue weighted by Gasteiger charge is 2.30. The number of nitrogens with one attached hydrogen (secondary N) is 1. The Morgan fingerprint density at radius 3 is 2.33 bits per heavy atom. The van der Waals surface area contributed by atoms with Crippen LogP contribution >= 0.6 is 0 Å². The van der Waals surface area contributed by atoms with Gasteiger partial charge in [0, 0.05) is 24.2 Å². The van der Waals surface area contributed by atoms with Crippen molar-refractivity contribution in [1.29, 1.82) is 0 Å². The standard InChI is InChI=1S/C22H24N2O6/c1-28-18-9-7-17(8-10-18)21(26)23-15-19(25)30-20(16-5-3-2-4-6-16)22(27)24-11-13-29-14-12-24/h2-10,20H,11-15H2,1H3,(H,23,26)/t20-/m0/s1. The molecule has 0 saturated carbocycles. The first-order chi connectivity index (χ1) is 14.6. The lowest BCUT2D eigenvalue weighted by Crippen LogP contribution is -2.44. The first-order valence-corrected chi connectivity index (χ1v) is 9.61. The number of hydrogen-bond acceptors (Lipinski definition) is 6. The molecule has 8 nitrogen and oxygen atoms in total. The fraction of sp³-hybridized carbons (Fsp3) is 0.318. The van der Waals surface area contributed by atoms with Crippen LogP contribution < -0.4 is 10.1 Å². The Kier molecular flexibility index (Phi) is 7.40. The van der Waals surface area contributed by atoms with Crippen LogP contribution in [0.25, 0.3) is 0 Å². The number of morpholine rings is 1. The number of carbonyl (C=O) groups is 3. The van der Waals surface area contributed by atoms with Crippen LogP contribution in [0.1, 0.15) is 22.0 Å². The van der Waals surface area contributed by atoms with Crippen molar-refractivity contribution in [3.63, 3.8) is 0 Å². The van der Waals surface area contributed by atoms with Gasteiger partial charge in [-0.15, -0.1) is 0 Å². The van der Waals surface area contributed by atoms with E-state index >= 15 is 0 Å². The molecular weight excluding hydrogens is 388 g/mol. The molecule has 0 bridgehead atoms. The molecule has 0 unspecified atom stereocenters. The summed E-state index contributed by atoms with van der Waals surface area (Å²) < 4.78 is 15.8. The molecule has 158 valence electrons. The topological polar surface area (TPSA) is 94.2 Å². The third kappa shape index (κ3) is 5.57. The predicted molar refractivity (Wildman–Crippen MR) is 108 cm³/mol. The maximum Gasteiger partial charge on any atom is 0.326 e. The van der Waals surface area contributed by atoms with E-state index in [1.54, 1.807) is 53.4 Å². The second-order valence-electron chi connectivity index (χ2n) is 6.63. The van der Waals surface area contributed by atoms with E-state index in [9.17, 15) is 14.4 Å². The first-order valence-electron chi connectivity index (χ1n) is 9.61. The Hall–Kier alpha value is -3.39. The number of hydrogen-bond donors (Lipinski definition) is 1. The molecule has 30 heavy (non-hydrogen) atoms. The summed E-state index contributed by atoms with van der Waals surface area (Å²) in [5.74, 6) is -0.810. The number of benzene rings is 2. The molecule has 8 heteroatoms. The summed E-state index contributed by atoms with van der Waals surface area (Å²) in [5, 5.41) is 2.51. The average molecular weight is 412 g/mol. The van der Waals surface area contributed by atoms with Gasteiger partial charge < -0.3 is 24.4 Å². The minimum absolute atomic E-state index is 0.306. The van der Waals surface area contributed by atoms with Gasteiger partial charge in [-0.2, -0.15) is 0 Å². The molecule has 1 atom stereocenters. The van der Waals surface area contributed by atoms with Crippen LogP contribution in [0.2, 0.25) is 0 Å². The van der Waals surface area contributed by atoms with Gasteiger partial charge in [-0.25, -0.2) is 0 Å². The Bertz CT molecular complexity index is 863. The molecule has 3 rings (SSSR count). The van der Waals surface area contributed by atoms with Crippen molar-refractivity contribution < 1.29 is 28.6 Å². The van der Waals surface area contributed by atoms with Gasteiger partial charge in [-0.05, 0) is 24.3 Å². The maximum atomic E-state index is 12.9. The first kappa shape index (κ1) is 21.3. The monoisotopic (exact) mass is 412 g/mol. The lowest BCUT2D eigenvalue weighted by Gasteiger charge is -2.30. The summed E-state index contributed by atoms with van der Waals surface area (Å²) in [6, 6.07) is 15.3. The van der Waals surface area contributed by atoms with Crippen LogP contribution in [-0.2, 0) is 19.1 Å². The normalized spacial score (nSPS) is 14.5. The van der Waals surface area contributed by atoms with Gasteiger partial charge in [0.1, 0.15) is 12.3 Å². The third-order valence-corrected chi connectivity index (χ3v) is 4.64. The lowest BCUT2D eigenvalue weighted by molar-refractivity contribution is -0.162. The zero-order chi connectivity index (χ0) is 21.3. The quantitative estimate of drug-likeness (QED) is 0.694. The van der Waals surface area contributed by atoms with Crippen LogP contribution in [0, 0.1) is 0 Å². The van der Waals surface area contributed by atoms with Crippen molar-refractivity contribution in [3.8, 4) is 5.75 Å². The Morgan fingerprint density at radius 2 is 1.70 bits per heavy atom. The van der Waals surface area contributed by atoms with Crippen LogP contribution in [0.5, 0.6) is 5.75 Å². The molecule has 1 fully saturated rings. The van der Waals surface area contributed by atoms with E-state index < -0.39 is 18.0 Å². The average Bonchev–Trinajstić information content (AvgIpc) is 2.81. The Morgan fingerprint density at radius 1 is 1.03 bits per heavy atom. The molecule has 1 heterocycles. The number of carbonyl (C=O) groups excluding carboxylic acids is 3. The van der Waals surface area contributed by atoms with E-state index in [2.05, 4.69) is 5.32 Å². The van der Waals surface area contributed by atoms with Gasteiger partial charge in [-0.1, -0.05) is 30.3 Å². The molecule has 0 radical (unpaired) electrons. The molecule has 1 aliphatic rings. The van der Waals surface area contributed by atoms with Crippen LogP contribution in [0.15, 0.2) is 54.6 Å². The minimum atomic E-state index is -1.07. The van der Waals surface area contributed by atoms with Crippen molar-refractivity contribution in [1.82, 2.24) is 10.2 Å². The van der Waals surface area contributed by atoms with Crippen LogP contribution in [-0.4, -0.2) is 62.6 Å². The van der Waals surface area contributed by atoms with E-state index in [4.69, 9.17) is 14.2 Å². The summed E-state index contributed by atoms with van der Waals surface area (Å²) in [6.45, 7) is 1.41. The van der Waals surface area contributed by atoms with E-state index in [0.29, 0.717) is 43.2 Å². The smallest absolute Gasteiger partial charge is 0.326 e. The summed E-state index contributed by atoms with van der Waals surface area (Å²) in [4.78, 5) is 39.2. The van der Waals surface area contributed by atoms with Gasteiger partial charge in [0.05, 0.1) is 20.3 Å². The Labute approximate surface area is 174 Å². The van der Waals surface area contributed by atoms with Gasteiger partial charge in [0.15, 0.2) is 0 Å². The number of methoxy groups -OCH3 is 1. The zero-order valence-corrected chi connectivity index (χ0v) is 16.7. The van der Waals surface area contributed by atoms with Crippen molar-refractivity contribution in [2.24, 2.45) is 0 Å². The molecule has 2 amide bonds. The van der Waals surface area contributed by atoms with Crippen molar-refractivity contribution in [2.75, 3.05) is 40.0 Å². The van der Waals surface area contributed by atoms with Crippen molar-refractivity contribution in [2.45, 2.75) is 6.10 Å². The molecule has 1 saturated heterocycles. The highest BCUT2D eigenvalue weighted by Crippen LogP contribution is 2.21. The molecule has 1 aliphatic heterocycles. The summed E-state index contributed by atoms with van der Waals surface area (Å²) in [6.07, 6.45) is -1.07. The number of amides is 2. The fourth-order valence-corrected chi connectivity index (χ4v) is 3.01. The molecule has 2 aromatic carbocycles. The second kappa shape index (κ2) is 10.4. The molecule has 2 aromatic rings. The van der Waals surface area contributed by atoms with Crippen LogP contribution in [0.3, 0.4) is 0 Å².